The molecule has 0 saturated heterocycles. The first-order chi connectivity index (χ1) is 6.68. The second-order valence-corrected chi connectivity index (χ2v) is 4.24. The van der Waals surface area contributed by atoms with Gasteiger partial charge in [0.2, 0.25) is 0 Å². The Morgan fingerprint density at radius 3 is 2.86 bits per heavy atom. The number of rotatable bonds is 2. The minimum Gasteiger partial charge on any atom is -0.334 e. The summed E-state index contributed by atoms with van der Waals surface area (Å²) < 4.78 is 2.07. The molecule has 1 aromatic carbocycles. The van der Waals surface area contributed by atoms with Crippen molar-refractivity contribution in [3.63, 3.8) is 0 Å². The van der Waals surface area contributed by atoms with E-state index in [-0.39, 0.29) is 0 Å². The van der Waals surface area contributed by atoms with E-state index in [1.165, 1.54) is 11.1 Å². The summed E-state index contributed by atoms with van der Waals surface area (Å²) >= 11 is 0. The van der Waals surface area contributed by atoms with Gasteiger partial charge < -0.3 is 4.57 Å². The molecule has 0 bridgehead atoms. The summed E-state index contributed by atoms with van der Waals surface area (Å²) in [6, 6.07) is 6.41. The fourth-order valence-corrected chi connectivity index (χ4v) is 1.82. The molecule has 0 amide bonds. The molecule has 2 heteroatoms. The number of hydrogen-bond donors (Lipinski definition) is 0. The first-order valence-corrected chi connectivity index (χ1v) is 5.07. The molecule has 0 saturated carbocycles. The molecule has 0 radical (unpaired) electrons. The standard InChI is InChI=1S/C12H16N2/c1-9(2)7-10-5-4-6-11-12(10)13-8-14(11)3/h4-6,8-9H,7H2,1-3H3. The summed E-state index contributed by atoms with van der Waals surface area (Å²) in [7, 11) is 2.04. The van der Waals surface area contributed by atoms with Gasteiger partial charge in [-0.2, -0.15) is 0 Å². The summed E-state index contributed by atoms with van der Waals surface area (Å²) in [4.78, 5) is 4.43. The quantitative estimate of drug-likeness (QED) is 0.708. The molecule has 2 nitrogen and oxygen atoms in total. The van der Waals surface area contributed by atoms with Crippen LogP contribution in [0.2, 0.25) is 0 Å². The van der Waals surface area contributed by atoms with Crippen LogP contribution in [-0.4, -0.2) is 9.55 Å². The van der Waals surface area contributed by atoms with Crippen LogP contribution in [0.25, 0.3) is 11.0 Å². The van der Waals surface area contributed by atoms with Crippen molar-refractivity contribution in [2.75, 3.05) is 0 Å². The molecule has 1 heterocycles. The van der Waals surface area contributed by atoms with Gasteiger partial charge in [0.1, 0.15) is 0 Å². The maximum absolute atomic E-state index is 4.43. The van der Waals surface area contributed by atoms with Gasteiger partial charge >= 0.3 is 0 Å². The number of hydrogen-bond acceptors (Lipinski definition) is 1. The molecule has 1 aromatic heterocycles. The highest BCUT2D eigenvalue weighted by atomic mass is 15.0. The SMILES string of the molecule is CC(C)Cc1cccc2c1ncn2C. The van der Waals surface area contributed by atoms with E-state index in [1.807, 2.05) is 13.4 Å². The van der Waals surface area contributed by atoms with Gasteiger partial charge in [0.05, 0.1) is 17.4 Å². The Morgan fingerprint density at radius 2 is 2.14 bits per heavy atom. The highest BCUT2D eigenvalue weighted by Gasteiger charge is 2.06. The zero-order valence-corrected chi connectivity index (χ0v) is 8.99. The molecule has 0 aliphatic heterocycles. The maximum atomic E-state index is 4.43. The normalized spacial score (nSPS) is 11.4. The second kappa shape index (κ2) is 3.45. The van der Waals surface area contributed by atoms with Crippen LogP contribution >= 0.6 is 0 Å². The van der Waals surface area contributed by atoms with Crippen LogP contribution in [0.4, 0.5) is 0 Å². The number of nitrogens with zero attached hydrogens (tertiary/aromatic N) is 2. The molecular weight excluding hydrogens is 172 g/mol. The third kappa shape index (κ3) is 1.52. The molecule has 0 spiro atoms. The van der Waals surface area contributed by atoms with Crippen LogP contribution < -0.4 is 0 Å². The number of benzene rings is 1. The van der Waals surface area contributed by atoms with Crippen LogP contribution in [-0.2, 0) is 13.5 Å². The lowest BCUT2D eigenvalue weighted by Gasteiger charge is -2.05. The van der Waals surface area contributed by atoms with Crippen LogP contribution in [0.1, 0.15) is 19.4 Å². The van der Waals surface area contributed by atoms with Crippen molar-refractivity contribution in [3.05, 3.63) is 30.1 Å². The van der Waals surface area contributed by atoms with Gasteiger partial charge in [-0.1, -0.05) is 26.0 Å². The largest absolute Gasteiger partial charge is 0.334 e. The number of fused-ring (bicyclic) bond motifs is 1. The van der Waals surface area contributed by atoms with Gasteiger partial charge in [-0.25, -0.2) is 4.98 Å². The van der Waals surface area contributed by atoms with Gasteiger partial charge in [0.15, 0.2) is 0 Å². The fourth-order valence-electron chi connectivity index (χ4n) is 1.82. The lowest BCUT2D eigenvalue weighted by molar-refractivity contribution is 0.649. The van der Waals surface area contributed by atoms with Crippen LogP contribution in [0.5, 0.6) is 0 Å². The van der Waals surface area contributed by atoms with E-state index in [4.69, 9.17) is 0 Å². The third-order valence-corrected chi connectivity index (χ3v) is 2.47. The van der Waals surface area contributed by atoms with Gasteiger partial charge in [-0.05, 0) is 24.0 Å². The average Bonchev–Trinajstić information content (AvgIpc) is 2.49. The topological polar surface area (TPSA) is 17.8 Å². The van der Waals surface area contributed by atoms with Crippen molar-refractivity contribution in [1.82, 2.24) is 9.55 Å². The Kier molecular flexibility index (Phi) is 2.28. The summed E-state index contributed by atoms with van der Waals surface area (Å²) in [6.45, 7) is 4.48. The van der Waals surface area contributed by atoms with Gasteiger partial charge in [0, 0.05) is 7.05 Å². The Hall–Kier alpha value is -1.31. The summed E-state index contributed by atoms with van der Waals surface area (Å²) in [6.07, 6.45) is 2.99. The Labute approximate surface area is 84.6 Å². The maximum Gasteiger partial charge on any atom is 0.0955 e. The van der Waals surface area contributed by atoms with Crippen LogP contribution in [0, 0.1) is 5.92 Å². The lowest BCUT2D eigenvalue weighted by Crippen LogP contribution is -1.95. The first-order valence-electron chi connectivity index (χ1n) is 5.07. The average molecular weight is 188 g/mol. The highest BCUT2D eigenvalue weighted by Crippen LogP contribution is 2.19. The monoisotopic (exact) mass is 188 g/mol. The lowest BCUT2D eigenvalue weighted by atomic mass is 10.0. The smallest absolute Gasteiger partial charge is 0.0955 e. The van der Waals surface area contributed by atoms with Gasteiger partial charge in [0.25, 0.3) is 0 Å². The molecule has 0 atom stereocenters. The molecule has 74 valence electrons. The van der Waals surface area contributed by atoms with Gasteiger partial charge in [-0.15, -0.1) is 0 Å². The van der Waals surface area contributed by atoms with E-state index >= 15 is 0 Å². The van der Waals surface area contributed by atoms with Crippen molar-refractivity contribution < 1.29 is 0 Å². The van der Waals surface area contributed by atoms with E-state index < -0.39 is 0 Å². The Morgan fingerprint density at radius 1 is 1.36 bits per heavy atom. The van der Waals surface area contributed by atoms with Crippen molar-refractivity contribution in [3.8, 4) is 0 Å². The zero-order valence-electron chi connectivity index (χ0n) is 8.99. The molecule has 0 aliphatic rings. The summed E-state index contributed by atoms with van der Waals surface area (Å²) in [5.41, 5.74) is 3.74. The number of para-hydroxylation sites is 1. The number of aromatic nitrogens is 2. The molecule has 0 N–H and O–H groups in total. The highest BCUT2D eigenvalue weighted by molar-refractivity contribution is 5.78. The summed E-state index contributed by atoms with van der Waals surface area (Å²) in [5.74, 6) is 0.683. The Balaban J connectivity index is 2.54. The van der Waals surface area contributed by atoms with E-state index in [9.17, 15) is 0 Å². The fraction of sp³-hybridized carbons (Fsp3) is 0.417. The predicted molar refractivity (Wildman–Crippen MR) is 59.3 cm³/mol. The molecule has 0 fully saturated rings. The molecule has 2 aromatic rings. The van der Waals surface area contributed by atoms with Crippen molar-refractivity contribution in [1.29, 1.82) is 0 Å². The van der Waals surface area contributed by atoms with E-state index in [0.29, 0.717) is 5.92 Å². The minimum atomic E-state index is 0.683. The van der Waals surface area contributed by atoms with E-state index in [2.05, 4.69) is 41.6 Å². The van der Waals surface area contributed by atoms with E-state index in [0.717, 1.165) is 11.9 Å². The molecule has 0 unspecified atom stereocenters. The third-order valence-electron chi connectivity index (χ3n) is 2.47. The number of aryl methyl sites for hydroxylation is 1. The van der Waals surface area contributed by atoms with Crippen molar-refractivity contribution in [2.24, 2.45) is 13.0 Å². The van der Waals surface area contributed by atoms with Gasteiger partial charge in [-0.3, -0.25) is 0 Å². The predicted octanol–water partition coefficient (Wildman–Crippen LogP) is 2.77. The Bertz CT molecular complexity index is 441. The minimum absolute atomic E-state index is 0.683. The second-order valence-electron chi connectivity index (χ2n) is 4.24. The molecular formula is C12H16N2. The molecule has 2 rings (SSSR count). The van der Waals surface area contributed by atoms with Crippen LogP contribution in [0.3, 0.4) is 0 Å². The zero-order chi connectivity index (χ0) is 10.1. The molecule has 14 heavy (non-hydrogen) atoms. The molecule has 0 aliphatic carbocycles. The van der Waals surface area contributed by atoms with E-state index in [1.54, 1.807) is 0 Å². The van der Waals surface area contributed by atoms with Crippen molar-refractivity contribution in [2.45, 2.75) is 20.3 Å². The first kappa shape index (κ1) is 9.25. The summed E-state index contributed by atoms with van der Waals surface area (Å²) in [5, 5.41) is 0. The van der Waals surface area contributed by atoms with Crippen LogP contribution in [0.15, 0.2) is 24.5 Å². The number of imidazole rings is 1. The van der Waals surface area contributed by atoms with Crippen molar-refractivity contribution >= 4 is 11.0 Å².